The molecule has 2 aromatic carbocycles. The molecule has 2 rings (SSSR count). The summed E-state index contributed by atoms with van der Waals surface area (Å²) in [6.07, 6.45) is 0.943. The minimum atomic E-state index is -0.223. The van der Waals surface area contributed by atoms with Gasteiger partial charge in [-0.3, -0.25) is 4.79 Å². The number of benzene rings is 2. The number of carbonyl (C=O) groups is 1. The molecule has 0 spiro atoms. The maximum atomic E-state index is 12.2. The Morgan fingerprint density at radius 1 is 1.14 bits per heavy atom. The first-order valence-corrected chi connectivity index (χ1v) is 7.11. The van der Waals surface area contributed by atoms with Crippen LogP contribution in [0, 0.1) is 0 Å². The lowest BCUT2D eigenvalue weighted by molar-refractivity contribution is 0.102. The average molecular weight is 300 g/mol. The van der Waals surface area contributed by atoms with Gasteiger partial charge in [0.05, 0.1) is 25.1 Å². The summed E-state index contributed by atoms with van der Waals surface area (Å²) in [5.74, 6) is 1.18. The standard InChI is InChI=1S/C17H20N2O3/c1-3-10-22-13-6-4-12(5-7-13)17(20)19-16-9-8-14(21-2)11-15(16)18/h4-9,11H,3,10,18H2,1-2H3,(H,19,20). The minimum Gasteiger partial charge on any atom is -0.497 e. The summed E-state index contributed by atoms with van der Waals surface area (Å²) in [6, 6.07) is 12.1. The topological polar surface area (TPSA) is 73.6 Å². The van der Waals surface area contributed by atoms with Gasteiger partial charge in [0, 0.05) is 11.6 Å². The molecule has 1 amide bonds. The van der Waals surface area contributed by atoms with Crippen LogP contribution in [0.1, 0.15) is 23.7 Å². The predicted molar refractivity (Wildman–Crippen MR) is 87.6 cm³/mol. The number of hydrogen-bond acceptors (Lipinski definition) is 4. The molecule has 0 aliphatic heterocycles. The number of rotatable bonds is 6. The normalized spacial score (nSPS) is 10.1. The Morgan fingerprint density at radius 2 is 1.82 bits per heavy atom. The maximum Gasteiger partial charge on any atom is 0.255 e. The quantitative estimate of drug-likeness (QED) is 0.803. The van der Waals surface area contributed by atoms with E-state index in [0.717, 1.165) is 12.2 Å². The molecule has 0 heterocycles. The molecule has 0 aliphatic rings. The van der Waals surface area contributed by atoms with Crippen molar-refractivity contribution in [2.24, 2.45) is 0 Å². The number of amides is 1. The number of methoxy groups -OCH3 is 1. The van der Waals surface area contributed by atoms with E-state index < -0.39 is 0 Å². The zero-order chi connectivity index (χ0) is 15.9. The first-order chi connectivity index (χ1) is 10.6. The number of nitrogens with two attached hydrogens (primary N) is 1. The summed E-state index contributed by atoms with van der Waals surface area (Å²) in [5, 5.41) is 2.78. The van der Waals surface area contributed by atoms with E-state index >= 15 is 0 Å². The Labute approximate surface area is 130 Å². The monoisotopic (exact) mass is 300 g/mol. The molecule has 2 aromatic rings. The van der Waals surface area contributed by atoms with Crippen LogP contribution in [0.25, 0.3) is 0 Å². The van der Waals surface area contributed by atoms with E-state index in [0.29, 0.717) is 29.3 Å². The molecule has 0 atom stereocenters. The van der Waals surface area contributed by atoms with Gasteiger partial charge in [-0.15, -0.1) is 0 Å². The van der Waals surface area contributed by atoms with Crippen molar-refractivity contribution >= 4 is 17.3 Å². The fourth-order valence-corrected chi connectivity index (χ4v) is 1.90. The fraction of sp³-hybridized carbons (Fsp3) is 0.235. The van der Waals surface area contributed by atoms with Crippen LogP contribution in [0.3, 0.4) is 0 Å². The second-order valence-corrected chi connectivity index (χ2v) is 4.78. The van der Waals surface area contributed by atoms with E-state index in [2.05, 4.69) is 5.32 Å². The Balaban J connectivity index is 2.05. The molecule has 0 saturated carbocycles. The highest BCUT2D eigenvalue weighted by Crippen LogP contribution is 2.24. The smallest absolute Gasteiger partial charge is 0.255 e. The van der Waals surface area contributed by atoms with Crippen LogP contribution in [0.15, 0.2) is 42.5 Å². The number of carbonyl (C=O) groups excluding carboxylic acids is 1. The van der Waals surface area contributed by atoms with Gasteiger partial charge in [-0.1, -0.05) is 6.92 Å². The number of anilines is 2. The molecule has 0 fully saturated rings. The molecule has 0 aliphatic carbocycles. The molecule has 5 heteroatoms. The van der Waals surface area contributed by atoms with Gasteiger partial charge in [-0.25, -0.2) is 0 Å². The van der Waals surface area contributed by atoms with Crippen LogP contribution in [0.4, 0.5) is 11.4 Å². The van der Waals surface area contributed by atoms with Crippen LogP contribution in [0.2, 0.25) is 0 Å². The molecular formula is C17H20N2O3. The van der Waals surface area contributed by atoms with Crippen molar-refractivity contribution in [3.05, 3.63) is 48.0 Å². The van der Waals surface area contributed by atoms with Crippen LogP contribution in [0.5, 0.6) is 11.5 Å². The lowest BCUT2D eigenvalue weighted by atomic mass is 10.2. The molecule has 0 bridgehead atoms. The van der Waals surface area contributed by atoms with Crippen molar-refractivity contribution in [2.45, 2.75) is 13.3 Å². The van der Waals surface area contributed by atoms with Gasteiger partial charge in [0.2, 0.25) is 0 Å². The fourth-order valence-electron chi connectivity index (χ4n) is 1.90. The minimum absolute atomic E-state index is 0.223. The number of nitrogen functional groups attached to an aromatic ring is 1. The lowest BCUT2D eigenvalue weighted by Gasteiger charge is -2.10. The Bertz CT molecular complexity index is 639. The van der Waals surface area contributed by atoms with Crippen LogP contribution < -0.4 is 20.5 Å². The zero-order valence-corrected chi connectivity index (χ0v) is 12.8. The lowest BCUT2D eigenvalue weighted by Crippen LogP contribution is -2.13. The maximum absolute atomic E-state index is 12.2. The highest BCUT2D eigenvalue weighted by atomic mass is 16.5. The van der Waals surface area contributed by atoms with Crippen LogP contribution in [-0.2, 0) is 0 Å². The van der Waals surface area contributed by atoms with Crippen molar-refractivity contribution < 1.29 is 14.3 Å². The zero-order valence-electron chi connectivity index (χ0n) is 12.8. The van der Waals surface area contributed by atoms with Crippen molar-refractivity contribution in [1.82, 2.24) is 0 Å². The van der Waals surface area contributed by atoms with E-state index in [1.54, 1.807) is 49.6 Å². The third kappa shape index (κ3) is 3.91. The van der Waals surface area contributed by atoms with E-state index in [1.165, 1.54) is 0 Å². The first kappa shape index (κ1) is 15.7. The van der Waals surface area contributed by atoms with Crippen molar-refractivity contribution in [3.63, 3.8) is 0 Å². The number of ether oxygens (including phenoxy) is 2. The summed E-state index contributed by atoms with van der Waals surface area (Å²) in [4.78, 5) is 12.2. The number of nitrogens with one attached hydrogen (secondary N) is 1. The summed E-state index contributed by atoms with van der Waals surface area (Å²) in [7, 11) is 1.56. The van der Waals surface area contributed by atoms with Crippen LogP contribution in [-0.4, -0.2) is 19.6 Å². The van der Waals surface area contributed by atoms with Crippen molar-refractivity contribution in [3.8, 4) is 11.5 Å². The van der Waals surface area contributed by atoms with Gasteiger partial charge >= 0.3 is 0 Å². The van der Waals surface area contributed by atoms with E-state index in [9.17, 15) is 4.79 Å². The van der Waals surface area contributed by atoms with E-state index in [1.807, 2.05) is 6.92 Å². The molecular weight excluding hydrogens is 280 g/mol. The van der Waals surface area contributed by atoms with E-state index in [-0.39, 0.29) is 5.91 Å². The second kappa shape index (κ2) is 7.36. The van der Waals surface area contributed by atoms with Gasteiger partial charge in [0.15, 0.2) is 0 Å². The Morgan fingerprint density at radius 3 is 2.41 bits per heavy atom. The van der Waals surface area contributed by atoms with Gasteiger partial charge in [-0.2, -0.15) is 0 Å². The third-order valence-corrected chi connectivity index (χ3v) is 3.10. The summed E-state index contributed by atoms with van der Waals surface area (Å²) < 4.78 is 10.6. The number of hydrogen-bond donors (Lipinski definition) is 2. The van der Waals surface area contributed by atoms with Gasteiger partial charge in [0.25, 0.3) is 5.91 Å². The predicted octanol–water partition coefficient (Wildman–Crippen LogP) is 3.32. The summed E-state index contributed by atoms with van der Waals surface area (Å²) in [5.41, 5.74) is 7.44. The van der Waals surface area contributed by atoms with Crippen LogP contribution >= 0.6 is 0 Å². The van der Waals surface area contributed by atoms with E-state index in [4.69, 9.17) is 15.2 Å². The molecule has 0 saturated heterocycles. The average Bonchev–Trinajstić information content (AvgIpc) is 2.55. The Kier molecular flexibility index (Phi) is 5.25. The second-order valence-electron chi connectivity index (χ2n) is 4.78. The molecule has 0 radical (unpaired) electrons. The molecule has 3 N–H and O–H groups in total. The highest BCUT2D eigenvalue weighted by molar-refractivity contribution is 6.05. The van der Waals surface area contributed by atoms with Crippen molar-refractivity contribution in [2.75, 3.05) is 24.8 Å². The summed E-state index contributed by atoms with van der Waals surface area (Å²) in [6.45, 7) is 2.70. The Hall–Kier alpha value is -2.69. The highest BCUT2D eigenvalue weighted by Gasteiger charge is 2.09. The molecule has 5 nitrogen and oxygen atoms in total. The third-order valence-electron chi connectivity index (χ3n) is 3.10. The largest absolute Gasteiger partial charge is 0.497 e. The SMILES string of the molecule is CCCOc1ccc(C(=O)Nc2ccc(OC)cc2N)cc1. The van der Waals surface area contributed by atoms with Gasteiger partial charge in [0.1, 0.15) is 11.5 Å². The molecule has 22 heavy (non-hydrogen) atoms. The first-order valence-electron chi connectivity index (χ1n) is 7.11. The van der Waals surface area contributed by atoms with Gasteiger partial charge in [-0.05, 0) is 42.8 Å². The molecule has 116 valence electrons. The molecule has 0 aromatic heterocycles. The summed E-state index contributed by atoms with van der Waals surface area (Å²) >= 11 is 0. The van der Waals surface area contributed by atoms with Gasteiger partial charge < -0.3 is 20.5 Å². The molecule has 0 unspecified atom stereocenters. The van der Waals surface area contributed by atoms with Crippen molar-refractivity contribution in [1.29, 1.82) is 0 Å².